The molecular formula is C22H23N3O2S. The summed E-state index contributed by atoms with van der Waals surface area (Å²) in [4.78, 5) is 28.5. The van der Waals surface area contributed by atoms with E-state index in [1.54, 1.807) is 5.38 Å². The van der Waals surface area contributed by atoms with E-state index < -0.39 is 0 Å². The van der Waals surface area contributed by atoms with Crippen molar-refractivity contribution in [1.29, 1.82) is 0 Å². The van der Waals surface area contributed by atoms with Gasteiger partial charge in [-0.2, -0.15) is 0 Å². The summed E-state index contributed by atoms with van der Waals surface area (Å²) in [6.07, 6.45) is 0. The van der Waals surface area contributed by atoms with Gasteiger partial charge < -0.3 is 10.6 Å². The SMILES string of the molecule is Cc1ccc(-c2nc(C(=O)NCc3ccc(NC(=O)C(C)C)cc3)cs2)cc1. The number of nitrogens with zero attached hydrogens (tertiary/aromatic N) is 1. The molecule has 1 aromatic heterocycles. The maximum absolute atomic E-state index is 12.4. The minimum atomic E-state index is -0.202. The van der Waals surface area contributed by atoms with Gasteiger partial charge in [0.05, 0.1) is 0 Å². The summed E-state index contributed by atoms with van der Waals surface area (Å²) in [6.45, 7) is 6.13. The van der Waals surface area contributed by atoms with Gasteiger partial charge in [0.1, 0.15) is 10.7 Å². The van der Waals surface area contributed by atoms with Crippen LogP contribution in [0.3, 0.4) is 0 Å². The van der Waals surface area contributed by atoms with E-state index in [2.05, 4.69) is 15.6 Å². The Balaban J connectivity index is 1.57. The molecule has 0 saturated heterocycles. The Kier molecular flexibility index (Phi) is 6.21. The molecule has 0 bridgehead atoms. The van der Waals surface area contributed by atoms with E-state index in [0.29, 0.717) is 12.2 Å². The maximum atomic E-state index is 12.4. The van der Waals surface area contributed by atoms with E-state index in [1.165, 1.54) is 16.9 Å². The number of aromatic nitrogens is 1. The average molecular weight is 394 g/mol. The molecular weight excluding hydrogens is 370 g/mol. The number of nitrogens with one attached hydrogen (secondary N) is 2. The Labute approximate surface area is 168 Å². The molecule has 0 saturated carbocycles. The van der Waals surface area contributed by atoms with Crippen molar-refractivity contribution in [2.45, 2.75) is 27.3 Å². The van der Waals surface area contributed by atoms with Crippen LogP contribution in [0.2, 0.25) is 0 Å². The highest BCUT2D eigenvalue weighted by Crippen LogP contribution is 2.24. The van der Waals surface area contributed by atoms with Crippen LogP contribution in [0.25, 0.3) is 10.6 Å². The zero-order valence-corrected chi connectivity index (χ0v) is 17.0. The predicted molar refractivity (Wildman–Crippen MR) is 113 cm³/mol. The molecule has 28 heavy (non-hydrogen) atoms. The van der Waals surface area contributed by atoms with Crippen molar-refractivity contribution in [2.24, 2.45) is 5.92 Å². The van der Waals surface area contributed by atoms with Crippen LogP contribution in [-0.4, -0.2) is 16.8 Å². The summed E-state index contributed by atoms with van der Waals surface area (Å²) in [7, 11) is 0. The molecule has 6 heteroatoms. The quantitative estimate of drug-likeness (QED) is 0.641. The Morgan fingerprint density at radius 1 is 1.04 bits per heavy atom. The topological polar surface area (TPSA) is 71.1 Å². The minimum absolute atomic E-state index is 0.0195. The van der Waals surface area contributed by atoms with Gasteiger partial charge in [-0.25, -0.2) is 4.98 Å². The molecule has 3 aromatic rings. The first-order valence-corrected chi connectivity index (χ1v) is 10.0. The monoisotopic (exact) mass is 393 g/mol. The van der Waals surface area contributed by atoms with Crippen molar-refractivity contribution >= 4 is 28.8 Å². The number of aryl methyl sites for hydroxylation is 1. The standard InChI is InChI=1S/C22H23N3O2S/c1-14(2)20(26)24-18-10-6-16(7-11-18)12-23-21(27)19-13-28-22(25-19)17-8-4-15(3)5-9-17/h4-11,13-14H,12H2,1-3H3,(H,23,27)(H,24,26). The predicted octanol–water partition coefficient (Wildman–Crippen LogP) is 4.64. The van der Waals surface area contributed by atoms with Crippen LogP contribution in [0, 0.1) is 12.8 Å². The fourth-order valence-electron chi connectivity index (χ4n) is 2.47. The molecule has 3 rings (SSSR count). The van der Waals surface area contributed by atoms with E-state index >= 15 is 0 Å². The van der Waals surface area contributed by atoms with Crippen LogP contribution in [-0.2, 0) is 11.3 Å². The summed E-state index contributed by atoms with van der Waals surface area (Å²) in [6, 6.07) is 15.5. The van der Waals surface area contributed by atoms with Crippen molar-refractivity contribution < 1.29 is 9.59 Å². The molecule has 0 atom stereocenters. The third-order valence-electron chi connectivity index (χ3n) is 4.23. The molecule has 0 radical (unpaired) electrons. The van der Waals surface area contributed by atoms with Crippen LogP contribution < -0.4 is 10.6 Å². The van der Waals surface area contributed by atoms with Gasteiger partial charge in [0.15, 0.2) is 0 Å². The smallest absolute Gasteiger partial charge is 0.271 e. The van der Waals surface area contributed by atoms with Gasteiger partial charge in [0.25, 0.3) is 5.91 Å². The first-order valence-electron chi connectivity index (χ1n) is 9.13. The number of benzene rings is 2. The number of hydrogen-bond donors (Lipinski definition) is 2. The summed E-state index contributed by atoms with van der Waals surface area (Å²) in [5.74, 6) is -0.289. The number of hydrogen-bond acceptors (Lipinski definition) is 4. The van der Waals surface area contributed by atoms with Crippen LogP contribution in [0.1, 0.15) is 35.5 Å². The van der Waals surface area contributed by atoms with Crippen LogP contribution in [0.5, 0.6) is 0 Å². The van der Waals surface area contributed by atoms with Crippen molar-refractivity contribution in [3.8, 4) is 10.6 Å². The molecule has 0 unspecified atom stereocenters. The molecule has 0 aliphatic heterocycles. The highest BCUT2D eigenvalue weighted by Gasteiger charge is 2.12. The molecule has 2 aromatic carbocycles. The summed E-state index contributed by atoms with van der Waals surface area (Å²) < 4.78 is 0. The highest BCUT2D eigenvalue weighted by atomic mass is 32.1. The number of carbonyl (C=O) groups is 2. The summed E-state index contributed by atoms with van der Waals surface area (Å²) >= 11 is 1.46. The van der Waals surface area contributed by atoms with E-state index in [4.69, 9.17) is 0 Å². The summed E-state index contributed by atoms with van der Waals surface area (Å²) in [5.41, 5.74) is 4.31. The highest BCUT2D eigenvalue weighted by molar-refractivity contribution is 7.13. The second kappa shape index (κ2) is 8.80. The molecule has 0 spiro atoms. The lowest BCUT2D eigenvalue weighted by atomic mass is 10.1. The number of thiazole rings is 1. The third kappa shape index (κ3) is 5.04. The lowest BCUT2D eigenvalue weighted by Crippen LogP contribution is -2.23. The lowest BCUT2D eigenvalue weighted by molar-refractivity contribution is -0.118. The largest absolute Gasteiger partial charge is 0.347 e. The molecule has 2 amide bonds. The van der Waals surface area contributed by atoms with Crippen LogP contribution in [0.15, 0.2) is 53.9 Å². The Morgan fingerprint density at radius 3 is 2.36 bits per heavy atom. The van der Waals surface area contributed by atoms with Gasteiger partial charge in [-0.1, -0.05) is 55.8 Å². The average Bonchev–Trinajstić information content (AvgIpc) is 3.18. The van der Waals surface area contributed by atoms with E-state index in [-0.39, 0.29) is 17.7 Å². The number of rotatable bonds is 6. The third-order valence-corrected chi connectivity index (χ3v) is 5.13. The first-order chi connectivity index (χ1) is 13.4. The summed E-state index contributed by atoms with van der Waals surface area (Å²) in [5, 5.41) is 8.33. The van der Waals surface area contributed by atoms with Crippen LogP contribution in [0.4, 0.5) is 5.69 Å². The van der Waals surface area contributed by atoms with Gasteiger partial charge in [-0.05, 0) is 24.6 Å². The molecule has 0 fully saturated rings. The van der Waals surface area contributed by atoms with Gasteiger partial charge >= 0.3 is 0 Å². The molecule has 1 heterocycles. The molecule has 144 valence electrons. The van der Waals surface area contributed by atoms with Gasteiger partial charge in [0.2, 0.25) is 5.91 Å². The molecule has 0 aliphatic carbocycles. The van der Waals surface area contributed by atoms with E-state index in [9.17, 15) is 9.59 Å². The Morgan fingerprint density at radius 2 is 1.71 bits per heavy atom. The zero-order valence-electron chi connectivity index (χ0n) is 16.2. The minimum Gasteiger partial charge on any atom is -0.347 e. The van der Waals surface area contributed by atoms with Gasteiger partial charge in [-0.15, -0.1) is 11.3 Å². The molecule has 2 N–H and O–H groups in total. The zero-order chi connectivity index (χ0) is 20.1. The fraction of sp³-hybridized carbons (Fsp3) is 0.227. The number of carbonyl (C=O) groups excluding carboxylic acids is 2. The van der Waals surface area contributed by atoms with Crippen molar-refractivity contribution in [2.75, 3.05) is 5.32 Å². The second-order valence-electron chi connectivity index (χ2n) is 6.93. The second-order valence-corrected chi connectivity index (χ2v) is 7.79. The normalized spacial score (nSPS) is 10.7. The Hall–Kier alpha value is -2.99. The van der Waals surface area contributed by atoms with E-state index in [0.717, 1.165) is 21.8 Å². The van der Waals surface area contributed by atoms with Crippen molar-refractivity contribution in [1.82, 2.24) is 10.3 Å². The fourth-order valence-corrected chi connectivity index (χ4v) is 3.28. The van der Waals surface area contributed by atoms with Crippen molar-refractivity contribution in [3.63, 3.8) is 0 Å². The lowest BCUT2D eigenvalue weighted by Gasteiger charge is -2.09. The van der Waals surface area contributed by atoms with Crippen LogP contribution >= 0.6 is 11.3 Å². The number of anilines is 1. The first kappa shape index (κ1) is 19.8. The Bertz CT molecular complexity index is 960. The molecule has 0 aliphatic rings. The van der Waals surface area contributed by atoms with Gasteiger partial charge in [-0.3, -0.25) is 9.59 Å². The van der Waals surface area contributed by atoms with Crippen molar-refractivity contribution in [3.05, 3.63) is 70.7 Å². The maximum Gasteiger partial charge on any atom is 0.271 e. The number of amides is 2. The molecule has 5 nitrogen and oxygen atoms in total. The van der Waals surface area contributed by atoms with E-state index in [1.807, 2.05) is 69.3 Å². The van der Waals surface area contributed by atoms with Gasteiger partial charge in [0, 0.05) is 29.1 Å².